The van der Waals surface area contributed by atoms with E-state index in [0.29, 0.717) is 19.3 Å². The first-order valence-electron chi connectivity index (χ1n) is 19.7. The molecule has 0 spiro atoms. The fourth-order valence-electron chi connectivity index (χ4n) is 6.18. The van der Waals surface area contributed by atoms with E-state index >= 15 is 0 Å². The second-order valence-corrected chi connectivity index (χ2v) is 14.0. The Morgan fingerprint density at radius 2 is 1.28 bits per heavy atom. The van der Waals surface area contributed by atoms with Gasteiger partial charge in [0.2, 0.25) is 5.91 Å². The van der Waals surface area contributed by atoms with Crippen LogP contribution in [0.15, 0.2) is 24.3 Å². The van der Waals surface area contributed by atoms with Crippen molar-refractivity contribution in [3.63, 3.8) is 0 Å². The number of unbranched alkanes of at least 4 members (excludes halogenated alkanes) is 15. The summed E-state index contributed by atoms with van der Waals surface area (Å²) in [6, 6.07) is -1.16. The van der Waals surface area contributed by atoms with E-state index in [2.05, 4.69) is 36.5 Å². The van der Waals surface area contributed by atoms with Gasteiger partial charge in [0.15, 0.2) is 6.29 Å². The standard InChI is InChI=1S/C39H73NO10/c1-3-5-7-8-9-10-11-12-13-14-15-16-17-18-19-20-21-22-23-25-27-32(43)38(48)40-30(34(44)31(42)26-24-6-4-2)29-49-39-37(47)36(46)35(45)33(28-41)50-39/h5,7,9-10,30-37,39,41-47H,3-4,6,8,11-29H2,1-2H3,(H,40,48)/b7-5-,10-9-. The van der Waals surface area contributed by atoms with E-state index in [0.717, 1.165) is 44.9 Å². The lowest BCUT2D eigenvalue weighted by molar-refractivity contribution is -0.303. The molecule has 0 bridgehead atoms. The Morgan fingerprint density at radius 3 is 1.86 bits per heavy atom. The number of nitrogens with one attached hydrogen (secondary N) is 1. The van der Waals surface area contributed by atoms with Gasteiger partial charge < -0.3 is 50.5 Å². The summed E-state index contributed by atoms with van der Waals surface area (Å²) < 4.78 is 10.9. The van der Waals surface area contributed by atoms with E-state index < -0.39 is 74.2 Å². The van der Waals surface area contributed by atoms with E-state index in [1.54, 1.807) is 0 Å². The number of allylic oxidation sites excluding steroid dienone is 4. The van der Waals surface area contributed by atoms with Gasteiger partial charge in [-0.15, -0.1) is 0 Å². The van der Waals surface area contributed by atoms with Crippen LogP contribution < -0.4 is 5.32 Å². The largest absolute Gasteiger partial charge is 0.394 e. The molecule has 0 aliphatic carbocycles. The Hall–Kier alpha value is -1.41. The van der Waals surface area contributed by atoms with Crippen LogP contribution in [-0.2, 0) is 14.3 Å². The molecule has 294 valence electrons. The molecule has 1 saturated heterocycles. The predicted molar refractivity (Wildman–Crippen MR) is 196 cm³/mol. The lowest BCUT2D eigenvalue weighted by Crippen LogP contribution is -2.60. The number of amides is 1. The van der Waals surface area contributed by atoms with E-state index in [1.165, 1.54) is 64.2 Å². The average molecular weight is 716 g/mol. The number of carbonyl (C=O) groups excluding carboxylic acids is 1. The lowest BCUT2D eigenvalue weighted by Gasteiger charge is -2.40. The van der Waals surface area contributed by atoms with Gasteiger partial charge in [-0.05, 0) is 38.5 Å². The molecule has 0 aromatic carbocycles. The SMILES string of the molecule is CC/C=C\C/C=C\CCCCCCCCCCCCCCCC(O)C(=O)NC(COC1OC(CO)C(O)C(O)C1O)C(O)C(O)CCCCC. The molecule has 9 unspecified atom stereocenters. The van der Waals surface area contributed by atoms with E-state index in [1.807, 2.05) is 6.92 Å². The van der Waals surface area contributed by atoms with Crippen molar-refractivity contribution < 1.29 is 50.0 Å². The molecule has 1 rings (SSSR count). The zero-order valence-corrected chi connectivity index (χ0v) is 31.1. The summed E-state index contributed by atoms with van der Waals surface area (Å²) in [5.41, 5.74) is 0. The number of hydrogen-bond acceptors (Lipinski definition) is 10. The molecule has 50 heavy (non-hydrogen) atoms. The van der Waals surface area contributed by atoms with Crippen LogP contribution in [0.2, 0.25) is 0 Å². The van der Waals surface area contributed by atoms with Gasteiger partial charge in [0.05, 0.1) is 25.4 Å². The second-order valence-electron chi connectivity index (χ2n) is 14.0. The minimum atomic E-state index is -1.66. The molecule has 1 fully saturated rings. The van der Waals surface area contributed by atoms with E-state index in [4.69, 9.17) is 9.47 Å². The van der Waals surface area contributed by atoms with Crippen molar-refractivity contribution >= 4 is 5.91 Å². The summed E-state index contributed by atoms with van der Waals surface area (Å²) in [6.45, 7) is 3.11. The molecule has 0 aromatic heterocycles. The molecule has 1 heterocycles. The maximum absolute atomic E-state index is 12.9. The molecule has 1 aliphatic heterocycles. The van der Waals surface area contributed by atoms with Crippen molar-refractivity contribution in [3.8, 4) is 0 Å². The summed E-state index contributed by atoms with van der Waals surface area (Å²) in [4.78, 5) is 12.9. The van der Waals surface area contributed by atoms with E-state index in [9.17, 15) is 40.5 Å². The van der Waals surface area contributed by atoms with Crippen molar-refractivity contribution in [2.45, 2.75) is 204 Å². The molecule has 9 atom stereocenters. The number of hydrogen-bond donors (Lipinski definition) is 8. The molecule has 8 N–H and O–H groups in total. The predicted octanol–water partition coefficient (Wildman–Crippen LogP) is 4.71. The van der Waals surface area contributed by atoms with Gasteiger partial charge in [-0.2, -0.15) is 0 Å². The van der Waals surface area contributed by atoms with E-state index in [-0.39, 0.29) is 6.42 Å². The van der Waals surface area contributed by atoms with Gasteiger partial charge in [0, 0.05) is 0 Å². The van der Waals surface area contributed by atoms with Crippen molar-refractivity contribution in [2.75, 3.05) is 13.2 Å². The third-order valence-corrected chi connectivity index (χ3v) is 9.52. The van der Waals surface area contributed by atoms with Crippen LogP contribution >= 0.6 is 0 Å². The third kappa shape index (κ3) is 20.6. The molecule has 1 aliphatic rings. The van der Waals surface area contributed by atoms with Crippen LogP contribution in [0.25, 0.3) is 0 Å². The second kappa shape index (κ2) is 30.1. The first-order chi connectivity index (χ1) is 24.2. The maximum Gasteiger partial charge on any atom is 0.249 e. The van der Waals surface area contributed by atoms with Crippen molar-refractivity contribution in [1.82, 2.24) is 5.32 Å². The fourth-order valence-corrected chi connectivity index (χ4v) is 6.18. The quantitative estimate of drug-likeness (QED) is 0.0369. The molecule has 0 radical (unpaired) electrons. The van der Waals surface area contributed by atoms with Gasteiger partial charge in [0.25, 0.3) is 0 Å². The fraction of sp³-hybridized carbons (Fsp3) is 0.872. The normalized spacial score (nSPS) is 23.7. The van der Waals surface area contributed by atoms with Gasteiger partial charge in [0.1, 0.15) is 36.6 Å². The van der Waals surface area contributed by atoms with Crippen molar-refractivity contribution in [2.24, 2.45) is 0 Å². The number of rotatable bonds is 31. The maximum atomic E-state index is 12.9. The van der Waals surface area contributed by atoms with Crippen LogP contribution in [0.4, 0.5) is 0 Å². The van der Waals surface area contributed by atoms with Gasteiger partial charge in [-0.3, -0.25) is 4.79 Å². The highest BCUT2D eigenvalue weighted by atomic mass is 16.7. The Bertz CT molecular complexity index is 872. The smallest absolute Gasteiger partial charge is 0.249 e. The summed E-state index contributed by atoms with van der Waals surface area (Å²) in [5, 5.41) is 74.4. The minimum Gasteiger partial charge on any atom is -0.394 e. The number of carbonyl (C=O) groups is 1. The van der Waals surface area contributed by atoms with Gasteiger partial charge >= 0.3 is 0 Å². The van der Waals surface area contributed by atoms with Crippen LogP contribution in [0.1, 0.15) is 149 Å². The van der Waals surface area contributed by atoms with Crippen LogP contribution in [0.3, 0.4) is 0 Å². The number of aliphatic hydroxyl groups is 7. The highest BCUT2D eigenvalue weighted by molar-refractivity contribution is 5.80. The summed E-state index contributed by atoms with van der Waals surface area (Å²) in [6.07, 6.45) is 19.2. The zero-order valence-electron chi connectivity index (χ0n) is 31.1. The Kier molecular flexibility index (Phi) is 28.1. The van der Waals surface area contributed by atoms with Crippen molar-refractivity contribution in [3.05, 3.63) is 24.3 Å². The highest BCUT2D eigenvalue weighted by Crippen LogP contribution is 2.23. The molecular formula is C39H73NO10. The van der Waals surface area contributed by atoms with Crippen LogP contribution in [-0.4, -0.2) is 110 Å². The molecule has 11 nitrogen and oxygen atoms in total. The zero-order chi connectivity index (χ0) is 37.0. The summed E-state index contributed by atoms with van der Waals surface area (Å²) in [5.74, 6) is -0.709. The third-order valence-electron chi connectivity index (χ3n) is 9.52. The molecule has 0 saturated carbocycles. The van der Waals surface area contributed by atoms with Gasteiger partial charge in [-0.25, -0.2) is 0 Å². The first-order valence-corrected chi connectivity index (χ1v) is 19.7. The molecule has 1 amide bonds. The number of ether oxygens (including phenoxy) is 2. The highest BCUT2D eigenvalue weighted by Gasteiger charge is 2.44. The lowest BCUT2D eigenvalue weighted by atomic mass is 9.98. The minimum absolute atomic E-state index is 0.258. The summed E-state index contributed by atoms with van der Waals surface area (Å²) in [7, 11) is 0. The van der Waals surface area contributed by atoms with Crippen LogP contribution in [0.5, 0.6) is 0 Å². The number of aliphatic hydroxyl groups excluding tert-OH is 7. The Labute approximate surface area is 302 Å². The molecule has 11 heteroatoms. The first kappa shape index (κ1) is 46.6. The summed E-state index contributed by atoms with van der Waals surface area (Å²) >= 11 is 0. The Morgan fingerprint density at radius 1 is 0.720 bits per heavy atom. The average Bonchev–Trinajstić information content (AvgIpc) is 3.11. The Balaban J connectivity index is 2.30. The van der Waals surface area contributed by atoms with Crippen LogP contribution in [0, 0.1) is 0 Å². The molecular weight excluding hydrogens is 642 g/mol. The monoisotopic (exact) mass is 716 g/mol. The van der Waals surface area contributed by atoms with Gasteiger partial charge in [-0.1, -0.05) is 134 Å². The molecule has 0 aromatic rings. The topological polar surface area (TPSA) is 189 Å². The van der Waals surface area contributed by atoms with Crippen molar-refractivity contribution in [1.29, 1.82) is 0 Å².